The van der Waals surface area contributed by atoms with E-state index in [0.29, 0.717) is 24.2 Å². The van der Waals surface area contributed by atoms with Gasteiger partial charge in [-0.3, -0.25) is 4.79 Å². The van der Waals surface area contributed by atoms with E-state index < -0.39 is 17.3 Å². The van der Waals surface area contributed by atoms with E-state index in [2.05, 4.69) is 0 Å². The lowest BCUT2D eigenvalue weighted by Crippen LogP contribution is -2.63. The Bertz CT molecular complexity index is 781. The summed E-state index contributed by atoms with van der Waals surface area (Å²) in [6.07, 6.45) is 0.0332. The summed E-state index contributed by atoms with van der Waals surface area (Å²) in [7, 11) is 0. The van der Waals surface area contributed by atoms with Gasteiger partial charge in [-0.05, 0) is 70.1 Å². The summed E-state index contributed by atoms with van der Waals surface area (Å²) >= 11 is 0. The lowest BCUT2D eigenvalue weighted by atomic mass is 9.66. The second kappa shape index (κ2) is 6.89. The topological polar surface area (TPSA) is 49.8 Å². The van der Waals surface area contributed by atoms with E-state index in [1.54, 1.807) is 13.8 Å². The molecule has 1 spiro atoms. The van der Waals surface area contributed by atoms with E-state index in [0.717, 1.165) is 50.9 Å². The van der Waals surface area contributed by atoms with Crippen molar-refractivity contribution in [3.8, 4) is 5.75 Å². The summed E-state index contributed by atoms with van der Waals surface area (Å²) in [5.74, 6) is 0.411. The van der Waals surface area contributed by atoms with Gasteiger partial charge < -0.3 is 14.7 Å². The van der Waals surface area contributed by atoms with Crippen LogP contribution >= 0.6 is 0 Å². The molecule has 2 aliphatic carbocycles. The minimum absolute atomic E-state index is 0.0501. The summed E-state index contributed by atoms with van der Waals surface area (Å²) in [6.45, 7) is 5.02. The van der Waals surface area contributed by atoms with Gasteiger partial charge in [0.2, 0.25) is 5.91 Å². The zero-order valence-corrected chi connectivity index (χ0v) is 16.9. The number of aliphatic hydroxyl groups is 1. The van der Waals surface area contributed by atoms with E-state index in [1.165, 1.54) is 6.07 Å². The van der Waals surface area contributed by atoms with Crippen molar-refractivity contribution in [2.24, 2.45) is 11.3 Å². The van der Waals surface area contributed by atoms with Gasteiger partial charge in [0.05, 0.1) is 17.3 Å². The average Bonchev–Trinajstić information content (AvgIpc) is 2.59. The SMILES string of the molecule is Cc1ccc(C(F)(F)F)cc1OC1CCC2(CC1)CN(C(=O)[C@H]1C[C@@](C)(O)C1)C2. The minimum Gasteiger partial charge on any atom is -0.490 e. The monoisotopic (exact) mass is 411 g/mol. The molecule has 1 N–H and O–H groups in total. The molecule has 4 rings (SSSR count). The Labute approximate surface area is 169 Å². The zero-order valence-electron chi connectivity index (χ0n) is 16.9. The van der Waals surface area contributed by atoms with Crippen LogP contribution in [-0.2, 0) is 11.0 Å². The van der Waals surface area contributed by atoms with Crippen LogP contribution in [0, 0.1) is 18.3 Å². The van der Waals surface area contributed by atoms with Crippen LogP contribution in [0.25, 0.3) is 0 Å². The number of hydrogen-bond donors (Lipinski definition) is 1. The maximum atomic E-state index is 13.0. The first-order valence-corrected chi connectivity index (χ1v) is 10.3. The first kappa shape index (κ1) is 20.5. The normalized spacial score (nSPS) is 29.3. The number of halogens is 3. The lowest BCUT2D eigenvalue weighted by Gasteiger charge is -2.55. The third-order valence-electron chi connectivity index (χ3n) is 6.89. The Morgan fingerprint density at radius 2 is 1.83 bits per heavy atom. The summed E-state index contributed by atoms with van der Waals surface area (Å²) < 4.78 is 44.8. The van der Waals surface area contributed by atoms with E-state index >= 15 is 0 Å². The van der Waals surface area contributed by atoms with Crippen molar-refractivity contribution < 1.29 is 27.8 Å². The third kappa shape index (κ3) is 4.11. The molecule has 1 saturated heterocycles. The van der Waals surface area contributed by atoms with Crippen LogP contribution in [-0.4, -0.2) is 40.7 Å². The Balaban J connectivity index is 1.28. The molecule has 29 heavy (non-hydrogen) atoms. The summed E-state index contributed by atoms with van der Waals surface area (Å²) in [5.41, 5.74) is -0.548. The van der Waals surface area contributed by atoms with E-state index in [4.69, 9.17) is 4.74 Å². The third-order valence-corrected chi connectivity index (χ3v) is 6.89. The van der Waals surface area contributed by atoms with Crippen molar-refractivity contribution in [3.05, 3.63) is 29.3 Å². The highest BCUT2D eigenvalue weighted by Crippen LogP contribution is 2.47. The van der Waals surface area contributed by atoms with Crippen LogP contribution in [0.5, 0.6) is 5.75 Å². The highest BCUT2D eigenvalue weighted by atomic mass is 19.4. The molecule has 1 aromatic carbocycles. The predicted octanol–water partition coefficient (Wildman–Crippen LogP) is 4.32. The molecule has 0 radical (unpaired) electrons. The molecule has 7 heteroatoms. The first-order chi connectivity index (χ1) is 13.5. The molecular formula is C22H28F3NO3. The van der Waals surface area contributed by atoms with Crippen molar-refractivity contribution in [2.45, 2.75) is 70.3 Å². The molecular weight excluding hydrogens is 383 g/mol. The van der Waals surface area contributed by atoms with Gasteiger partial charge in [0, 0.05) is 24.4 Å². The molecule has 3 aliphatic rings. The van der Waals surface area contributed by atoms with Gasteiger partial charge in [-0.15, -0.1) is 0 Å². The number of benzene rings is 1. The van der Waals surface area contributed by atoms with Crippen LogP contribution in [0.1, 0.15) is 56.6 Å². The number of aryl methyl sites for hydroxylation is 1. The quantitative estimate of drug-likeness (QED) is 0.806. The number of alkyl halides is 3. The molecule has 1 amide bonds. The highest BCUT2D eigenvalue weighted by molar-refractivity contribution is 5.81. The molecule has 0 bridgehead atoms. The van der Waals surface area contributed by atoms with Crippen molar-refractivity contribution >= 4 is 5.91 Å². The Morgan fingerprint density at radius 3 is 2.38 bits per heavy atom. The molecule has 3 fully saturated rings. The van der Waals surface area contributed by atoms with Crippen molar-refractivity contribution in [2.75, 3.05) is 13.1 Å². The van der Waals surface area contributed by atoms with Crippen LogP contribution < -0.4 is 4.74 Å². The molecule has 4 nitrogen and oxygen atoms in total. The van der Waals surface area contributed by atoms with Gasteiger partial charge in [-0.25, -0.2) is 0 Å². The first-order valence-electron chi connectivity index (χ1n) is 10.3. The lowest BCUT2D eigenvalue weighted by molar-refractivity contribution is -0.164. The van der Waals surface area contributed by atoms with Crippen LogP contribution in [0.15, 0.2) is 18.2 Å². The molecule has 0 atom stereocenters. The smallest absolute Gasteiger partial charge is 0.416 e. The standard InChI is InChI=1S/C22H28F3NO3/c1-14-3-4-16(22(23,24)25)9-18(14)29-17-5-7-21(8-6-17)12-26(13-21)19(27)15-10-20(2,28)11-15/h3-4,9,15,17,28H,5-8,10-13H2,1-2H3/t15-,20+. The van der Waals surface area contributed by atoms with E-state index in [-0.39, 0.29) is 23.3 Å². The average molecular weight is 411 g/mol. The Kier molecular flexibility index (Phi) is 4.88. The highest BCUT2D eigenvalue weighted by Gasteiger charge is 2.51. The maximum absolute atomic E-state index is 13.0. The fourth-order valence-electron chi connectivity index (χ4n) is 5.07. The number of carbonyl (C=O) groups excluding carboxylic acids is 1. The Morgan fingerprint density at radius 1 is 1.21 bits per heavy atom. The van der Waals surface area contributed by atoms with Gasteiger partial charge in [-0.2, -0.15) is 13.2 Å². The predicted molar refractivity (Wildman–Crippen MR) is 101 cm³/mol. The van der Waals surface area contributed by atoms with Gasteiger partial charge >= 0.3 is 6.18 Å². The second-order valence-electron chi connectivity index (χ2n) is 9.59. The van der Waals surface area contributed by atoms with Gasteiger partial charge in [-0.1, -0.05) is 6.07 Å². The molecule has 2 saturated carbocycles. The summed E-state index contributed by atoms with van der Waals surface area (Å²) in [6, 6.07) is 3.63. The number of amides is 1. The molecule has 1 aliphatic heterocycles. The number of rotatable bonds is 3. The maximum Gasteiger partial charge on any atom is 0.416 e. The number of ether oxygens (including phenoxy) is 1. The number of hydrogen-bond acceptors (Lipinski definition) is 3. The number of carbonyl (C=O) groups is 1. The number of likely N-dealkylation sites (tertiary alicyclic amines) is 1. The number of nitrogens with zero attached hydrogens (tertiary/aromatic N) is 1. The van der Waals surface area contributed by atoms with E-state index in [1.807, 2.05) is 4.90 Å². The van der Waals surface area contributed by atoms with Gasteiger partial charge in [0.15, 0.2) is 0 Å². The fraction of sp³-hybridized carbons (Fsp3) is 0.682. The minimum atomic E-state index is -4.38. The van der Waals surface area contributed by atoms with Gasteiger partial charge in [0.1, 0.15) is 5.75 Å². The van der Waals surface area contributed by atoms with Crippen molar-refractivity contribution in [3.63, 3.8) is 0 Å². The zero-order chi connectivity index (χ0) is 21.0. The molecule has 160 valence electrons. The van der Waals surface area contributed by atoms with Crippen LogP contribution in [0.3, 0.4) is 0 Å². The molecule has 1 heterocycles. The second-order valence-corrected chi connectivity index (χ2v) is 9.59. The van der Waals surface area contributed by atoms with Crippen LogP contribution in [0.2, 0.25) is 0 Å². The van der Waals surface area contributed by atoms with E-state index in [9.17, 15) is 23.1 Å². The molecule has 1 aromatic rings. The van der Waals surface area contributed by atoms with Gasteiger partial charge in [0.25, 0.3) is 0 Å². The fourth-order valence-corrected chi connectivity index (χ4v) is 5.07. The Hall–Kier alpha value is -1.76. The van der Waals surface area contributed by atoms with Crippen molar-refractivity contribution in [1.29, 1.82) is 0 Å². The van der Waals surface area contributed by atoms with Crippen molar-refractivity contribution in [1.82, 2.24) is 4.90 Å². The largest absolute Gasteiger partial charge is 0.490 e. The molecule has 0 unspecified atom stereocenters. The summed E-state index contributed by atoms with van der Waals surface area (Å²) in [4.78, 5) is 14.4. The summed E-state index contributed by atoms with van der Waals surface area (Å²) in [5, 5.41) is 9.83. The van der Waals surface area contributed by atoms with Crippen LogP contribution in [0.4, 0.5) is 13.2 Å². The molecule has 0 aromatic heterocycles.